The minimum Gasteiger partial charge on any atom is -0.342 e. The van der Waals surface area contributed by atoms with Crippen LogP contribution in [0.3, 0.4) is 0 Å². The average molecular weight is 397 g/mol. The van der Waals surface area contributed by atoms with E-state index in [1.807, 2.05) is 36.6 Å². The molecular weight excluding hydrogens is 364 g/mol. The van der Waals surface area contributed by atoms with Crippen molar-refractivity contribution < 1.29 is 4.79 Å². The largest absolute Gasteiger partial charge is 0.342 e. The Kier molecular flexibility index (Phi) is 6.23. The number of nitrogens with zero attached hydrogens (tertiary/aromatic N) is 5. The van der Waals surface area contributed by atoms with Gasteiger partial charge >= 0.3 is 0 Å². The first-order valence-corrected chi connectivity index (χ1v) is 11.0. The summed E-state index contributed by atoms with van der Waals surface area (Å²) in [6.07, 6.45) is 14.1. The van der Waals surface area contributed by atoms with Crippen LogP contribution in [0.2, 0.25) is 0 Å². The molecule has 1 saturated carbocycles. The number of aryl methyl sites for hydroxylation is 1. The Morgan fingerprint density at radius 3 is 2.59 bits per heavy atom. The molecule has 2 aromatic heterocycles. The van der Waals surface area contributed by atoms with Crippen LogP contribution in [0, 0.1) is 5.92 Å². The monoisotopic (exact) mass is 396 g/mol. The van der Waals surface area contributed by atoms with Gasteiger partial charge in [-0.05, 0) is 31.7 Å². The predicted octanol–water partition coefficient (Wildman–Crippen LogP) is 2.88. The highest BCUT2D eigenvalue weighted by atomic mass is 16.2. The maximum atomic E-state index is 13.1. The smallest absolute Gasteiger partial charge is 0.227 e. The Balaban J connectivity index is 1.38. The predicted molar refractivity (Wildman–Crippen MR) is 112 cm³/mol. The van der Waals surface area contributed by atoms with Crippen molar-refractivity contribution >= 4 is 5.91 Å². The van der Waals surface area contributed by atoms with E-state index in [1.54, 1.807) is 4.68 Å². The standard InChI is InChI=1S/C22H32N6O/c1-27-15-17(14-25-27)20-8-11-24-21(26-20)16-9-12-28(13-10-16)22(29)18-6-4-2-3-5-7-19(18)23/h8,11,14-16,18-19H,2-7,9-10,12-13,23H2,1H3. The quantitative estimate of drug-likeness (QED) is 0.861. The zero-order valence-electron chi connectivity index (χ0n) is 17.3. The first-order valence-electron chi connectivity index (χ1n) is 11.0. The van der Waals surface area contributed by atoms with E-state index in [-0.39, 0.29) is 17.9 Å². The van der Waals surface area contributed by atoms with Crippen molar-refractivity contribution in [3.05, 3.63) is 30.5 Å². The first-order chi connectivity index (χ1) is 14.1. The molecule has 1 aliphatic carbocycles. The number of hydrogen-bond donors (Lipinski definition) is 1. The van der Waals surface area contributed by atoms with Gasteiger partial charge in [-0.3, -0.25) is 9.48 Å². The van der Waals surface area contributed by atoms with Crippen LogP contribution in [0.15, 0.2) is 24.7 Å². The van der Waals surface area contributed by atoms with E-state index in [2.05, 4.69) is 10.1 Å². The maximum absolute atomic E-state index is 13.1. The third-order valence-corrected chi connectivity index (χ3v) is 6.48. The van der Waals surface area contributed by atoms with Gasteiger partial charge in [0.15, 0.2) is 0 Å². The molecule has 2 aliphatic rings. The number of carbonyl (C=O) groups is 1. The Labute approximate surface area is 172 Å². The molecule has 2 unspecified atom stereocenters. The van der Waals surface area contributed by atoms with Crippen LogP contribution in [-0.4, -0.2) is 49.7 Å². The van der Waals surface area contributed by atoms with Crippen molar-refractivity contribution in [2.75, 3.05) is 13.1 Å². The topological polar surface area (TPSA) is 89.9 Å². The average Bonchev–Trinajstić information content (AvgIpc) is 3.17. The van der Waals surface area contributed by atoms with Gasteiger partial charge in [0.25, 0.3) is 0 Å². The third-order valence-electron chi connectivity index (χ3n) is 6.48. The van der Waals surface area contributed by atoms with Crippen molar-refractivity contribution in [1.82, 2.24) is 24.6 Å². The van der Waals surface area contributed by atoms with E-state index in [1.165, 1.54) is 12.8 Å². The first kappa shape index (κ1) is 20.0. The van der Waals surface area contributed by atoms with Crippen LogP contribution in [0.4, 0.5) is 0 Å². The lowest BCUT2D eigenvalue weighted by atomic mass is 9.85. The summed E-state index contributed by atoms with van der Waals surface area (Å²) in [7, 11) is 1.90. The van der Waals surface area contributed by atoms with Gasteiger partial charge in [-0.25, -0.2) is 9.97 Å². The number of piperidine rings is 1. The number of hydrogen-bond acceptors (Lipinski definition) is 5. The summed E-state index contributed by atoms with van der Waals surface area (Å²) in [5, 5.41) is 4.23. The van der Waals surface area contributed by atoms with E-state index in [9.17, 15) is 4.79 Å². The fourth-order valence-electron chi connectivity index (χ4n) is 4.70. The van der Waals surface area contributed by atoms with Gasteiger partial charge in [0.1, 0.15) is 5.82 Å². The number of amides is 1. The molecule has 1 aliphatic heterocycles. The molecule has 1 amide bonds. The zero-order chi connectivity index (χ0) is 20.2. The molecule has 2 aromatic rings. The van der Waals surface area contributed by atoms with Gasteiger partial charge in [0.05, 0.1) is 17.8 Å². The molecule has 29 heavy (non-hydrogen) atoms. The van der Waals surface area contributed by atoms with E-state index in [0.717, 1.165) is 68.7 Å². The molecular formula is C22H32N6O. The lowest BCUT2D eigenvalue weighted by Gasteiger charge is -2.36. The van der Waals surface area contributed by atoms with Gasteiger partial charge in [-0.2, -0.15) is 5.10 Å². The minimum absolute atomic E-state index is 0.00277. The molecule has 7 heteroatoms. The molecule has 0 radical (unpaired) electrons. The molecule has 156 valence electrons. The van der Waals surface area contributed by atoms with Gasteiger partial charge in [-0.15, -0.1) is 0 Å². The molecule has 3 heterocycles. The van der Waals surface area contributed by atoms with Crippen molar-refractivity contribution in [3.63, 3.8) is 0 Å². The third kappa shape index (κ3) is 4.66. The number of carbonyl (C=O) groups excluding carboxylic acids is 1. The lowest BCUT2D eigenvalue weighted by molar-refractivity contribution is -0.137. The molecule has 2 fully saturated rings. The highest BCUT2D eigenvalue weighted by molar-refractivity contribution is 5.79. The Hall–Kier alpha value is -2.28. The molecule has 4 rings (SSSR count). The lowest BCUT2D eigenvalue weighted by Crippen LogP contribution is -2.47. The van der Waals surface area contributed by atoms with Gasteiger partial charge in [0.2, 0.25) is 5.91 Å². The highest BCUT2D eigenvalue weighted by Crippen LogP contribution is 2.30. The second-order valence-corrected chi connectivity index (χ2v) is 8.56. The van der Waals surface area contributed by atoms with Crippen LogP contribution in [0.25, 0.3) is 11.3 Å². The maximum Gasteiger partial charge on any atom is 0.227 e. The highest BCUT2D eigenvalue weighted by Gasteiger charge is 2.33. The summed E-state index contributed by atoms with van der Waals surface area (Å²) in [5.41, 5.74) is 8.28. The van der Waals surface area contributed by atoms with Crippen LogP contribution < -0.4 is 5.73 Å². The second-order valence-electron chi connectivity index (χ2n) is 8.56. The summed E-state index contributed by atoms with van der Waals surface area (Å²) in [6, 6.07) is 1.94. The van der Waals surface area contributed by atoms with Gasteiger partial charge in [-0.1, -0.05) is 25.7 Å². The van der Waals surface area contributed by atoms with Crippen molar-refractivity contribution in [3.8, 4) is 11.3 Å². The van der Waals surface area contributed by atoms with Gasteiger partial charge in [0, 0.05) is 50.1 Å². The number of aromatic nitrogens is 4. The number of likely N-dealkylation sites (tertiary alicyclic amines) is 1. The van der Waals surface area contributed by atoms with E-state index in [0.29, 0.717) is 5.92 Å². The molecule has 2 atom stereocenters. The van der Waals surface area contributed by atoms with Crippen LogP contribution in [-0.2, 0) is 11.8 Å². The summed E-state index contributed by atoms with van der Waals surface area (Å²) in [4.78, 5) is 24.5. The van der Waals surface area contributed by atoms with Crippen LogP contribution in [0.1, 0.15) is 63.1 Å². The summed E-state index contributed by atoms with van der Waals surface area (Å²) < 4.78 is 1.78. The van der Waals surface area contributed by atoms with Crippen molar-refractivity contribution in [2.45, 2.75) is 63.3 Å². The summed E-state index contributed by atoms with van der Waals surface area (Å²) in [5.74, 6) is 1.43. The summed E-state index contributed by atoms with van der Waals surface area (Å²) >= 11 is 0. The SMILES string of the molecule is Cn1cc(-c2ccnc(C3CCN(C(=O)C4CCCCCCC4N)CC3)n2)cn1. The molecule has 2 N–H and O–H groups in total. The Morgan fingerprint density at radius 2 is 1.86 bits per heavy atom. The second kappa shape index (κ2) is 9.03. The molecule has 7 nitrogen and oxygen atoms in total. The van der Waals surface area contributed by atoms with E-state index in [4.69, 9.17) is 10.7 Å². The summed E-state index contributed by atoms with van der Waals surface area (Å²) in [6.45, 7) is 1.54. The van der Waals surface area contributed by atoms with E-state index < -0.39 is 0 Å². The Morgan fingerprint density at radius 1 is 1.10 bits per heavy atom. The molecule has 0 spiro atoms. The van der Waals surface area contributed by atoms with Crippen molar-refractivity contribution in [1.29, 1.82) is 0 Å². The number of rotatable bonds is 3. The van der Waals surface area contributed by atoms with Gasteiger partial charge < -0.3 is 10.6 Å². The normalized spacial score (nSPS) is 24.1. The fourth-order valence-corrected chi connectivity index (χ4v) is 4.70. The fraction of sp³-hybridized carbons (Fsp3) is 0.636. The Bertz CT molecular complexity index is 826. The zero-order valence-corrected chi connectivity index (χ0v) is 17.3. The van der Waals surface area contributed by atoms with Crippen LogP contribution in [0.5, 0.6) is 0 Å². The van der Waals surface area contributed by atoms with Crippen LogP contribution >= 0.6 is 0 Å². The number of nitrogens with two attached hydrogens (primary N) is 1. The molecule has 0 aromatic carbocycles. The van der Waals surface area contributed by atoms with Crippen molar-refractivity contribution in [2.24, 2.45) is 18.7 Å². The molecule has 0 bridgehead atoms. The van der Waals surface area contributed by atoms with E-state index >= 15 is 0 Å². The minimum atomic E-state index is -0.00277. The molecule has 1 saturated heterocycles.